The van der Waals surface area contributed by atoms with E-state index in [2.05, 4.69) is 32.0 Å². The number of carbonyl (C=O) groups excluding carboxylic acids is 1. The molecule has 0 radical (unpaired) electrons. The number of ketones is 1. The Balaban J connectivity index is 2.31. The van der Waals surface area contributed by atoms with Crippen LogP contribution in [0.3, 0.4) is 0 Å². The number of hydrogen-bond donors (Lipinski definition) is 0. The summed E-state index contributed by atoms with van der Waals surface area (Å²) >= 11 is 0. The van der Waals surface area contributed by atoms with Crippen LogP contribution in [0.1, 0.15) is 38.2 Å². The van der Waals surface area contributed by atoms with E-state index in [1.807, 2.05) is 32.0 Å². The summed E-state index contributed by atoms with van der Waals surface area (Å²) in [5, 5.41) is 0. The first-order valence-electron chi connectivity index (χ1n) is 6.64. The van der Waals surface area contributed by atoms with Crippen molar-refractivity contribution in [3.63, 3.8) is 0 Å². The van der Waals surface area contributed by atoms with E-state index in [1.165, 1.54) is 11.1 Å². The minimum atomic E-state index is 0.198. The molecule has 2 aromatic carbocycles. The van der Waals surface area contributed by atoms with E-state index in [1.54, 1.807) is 0 Å². The summed E-state index contributed by atoms with van der Waals surface area (Å²) in [6.45, 7) is 8.19. The highest BCUT2D eigenvalue weighted by atomic mass is 16.1. The Bertz CT molecular complexity index is 583. The molecule has 0 fully saturated rings. The molecule has 0 aromatic heterocycles. The Hall–Kier alpha value is -1.89. The van der Waals surface area contributed by atoms with E-state index in [-0.39, 0.29) is 5.78 Å². The predicted octanol–water partition coefficient (Wildman–Crippen LogP) is 4.35. The maximum absolute atomic E-state index is 12.4. The molecule has 0 aliphatic rings. The van der Waals surface area contributed by atoms with Gasteiger partial charge >= 0.3 is 0 Å². The summed E-state index contributed by atoms with van der Waals surface area (Å²) in [5.41, 5.74) is 6.65. The molecule has 0 bridgehead atoms. The van der Waals surface area contributed by atoms with Crippen molar-refractivity contribution in [2.45, 2.75) is 34.1 Å². The fourth-order valence-electron chi connectivity index (χ4n) is 2.53. The zero-order valence-corrected chi connectivity index (χ0v) is 12.1. The lowest BCUT2D eigenvalue weighted by molar-refractivity contribution is 0.0992. The molecule has 0 spiro atoms. The van der Waals surface area contributed by atoms with Crippen molar-refractivity contribution < 1.29 is 4.79 Å². The van der Waals surface area contributed by atoms with Gasteiger partial charge in [0.25, 0.3) is 0 Å². The SMILES string of the molecule is Cc1cc(C)cc(C(=O)Cc2c(C)cccc2C)c1. The van der Waals surface area contributed by atoms with E-state index in [4.69, 9.17) is 0 Å². The summed E-state index contributed by atoms with van der Waals surface area (Å²) in [6.07, 6.45) is 0.487. The third-order valence-corrected chi connectivity index (χ3v) is 3.53. The van der Waals surface area contributed by atoms with Crippen LogP contribution in [0.25, 0.3) is 0 Å². The minimum absolute atomic E-state index is 0.198. The second kappa shape index (κ2) is 5.40. The third kappa shape index (κ3) is 3.11. The van der Waals surface area contributed by atoms with E-state index < -0.39 is 0 Å². The lowest BCUT2D eigenvalue weighted by atomic mass is 9.94. The van der Waals surface area contributed by atoms with Crippen LogP contribution in [0.4, 0.5) is 0 Å². The maximum Gasteiger partial charge on any atom is 0.167 e. The van der Waals surface area contributed by atoms with Gasteiger partial charge in [-0.3, -0.25) is 4.79 Å². The second-order valence-corrected chi connectivity index (χ2v) is 5.35. The maximum atomic E-state index is 12.4. The fraction of sp³-hybridized carbons (Fsp3) is 0.278. The molecule has 0 N–H and O–H groups in total. The molecule has 19 heavy (non-hydrogen) atoms. The van der Waals surface area contributed by atoms with Crippen LogP contribution in [0.5, 0.6) is 0 Å². The lowest BCUT2D eigenvalue weighted by Crippen LogP contribution is -2.07. The summed E-state index contributed by atoms with van der Waals surface area (Å²) in [4.78, 5) is 12.4. The van der Waals surface area contributed by atoms with Crippen LogP contribution in [0.2, 0.25) is 0 Å². The van der Waals surface area contributed by atoms with Crippen LogP contribution >= 0.6 is 0 Å². The molecular weight excluding hydrogens is 232 g/mol. The average Bonchev–Trinajstić information content (AvgIpc) is 2.32. The van der Waals surface area contributed by atoms with Gasteiger partial charge in [0.05, 0.1) is 0 Å². The zero-order valence-electron chi connectivity index (χ0n) is 12.1. The first-order valence-corrected chi connectivity index (χ1v) is 6.64. The second-order valence-electron chi connectivity index (χ2n) is 5.35. The van der Waals surface area contributed by atoms with Crippen LogP contribution in [-0.2, 0) is 6.42 Å². The number of aryl methyl sites for hydroxylation is 4. The first-order chi connectivity index (χ1) is 8.97. The molecule has 98 valence electrons. The highest BCUT2D eigenvalue weighted by molar-refractivity contribution is 5.98. The Morgan fingerprint density at radius 3 is 1.95 bits per heavy atom. The van der Waals surface area contributed by atoms with E-state index in [9.17, 15) is 4.79 Å². The monoisotopic (exact) mass is 252 g/mol. The summed E-state index contributed by atoms with van der Waals surface area (Å²) in [5.74, 6) is 0.198. The molecule has 2 aromatic rings. The number of hydrogen-bond acceptors (Lipinski definition) is 1. The van der Waals surface area contributed by atoms with E-state index >= 15 is 0 Å². The molecule has 0 heterocycles. The highest BCUT2D eigenvalue weighted by Crippen LogP contribution is 2.17. The smallest absolute Gasteiger partial charge is 0.167 e. The predicted molar refractivity (Wildman–Crippen MR) is 79.9 cm³/mol. The molecular formula is C18H20O. The molecule has 0 amide bonds. The zero-order chi connectivity index (χ0) is 14.0. The molecule has 0 aliphatic carbocycles. The molecule has 1 nitrogen and oxygen atoms in total. The van der Waals surface area contributed by atoms with Crippen molar-refractivity contribution in [3.8, 4) is 0 Å². The van der Waals surface area contributed by atoms with Gasteiger partial charge in [0.2, 0.25) is 0 Å². The number of rotatable bonds is 3. The normalized spacial score (nSPS) is 10.5. The van der Waals surface area contributed by atoms with Gasteiger partial charge in [-0.25, -0.2) is 0 Å². The molecule has 1 heteroatoms. The van der Waals surface area contributed by atoms with Gasteiger partial charge < -0.3 is 0 Å². The van der Waals surface area contributed by atoms with Crippen LogP contribution in [0, 0.1) is 27.7 Å². The van der Waals surface area contributed by atoms with Gasteiger partial charge in [-0.05, 0) is 56.5 Å². The van der Waals surface area contributed by atoms with Crippen molar-refractivity contribution in [3.05, 3.63) is 69.8 Å². The summed E-state index contributed by atoms with van der Waals surface area (Å²) in [6, 6.07) is 12.2. The van der Waals surface area contributed by atoms with Gasteiger partial charge in [-0.2, -0.15) is 0 Å². The molecule has 0 saturated carbocycles. The van der Waals surface area contributed by atoms with Crippen molar-refractivity contribution in [2.24, 2.45) is 0 Å². The number of carbonyl (C=O) groups is 1. The van der Waals surface area contributed by atoms with Gasteiger partial charge in [0.1, 0.15) is 0 Å². The average molecular weight is 252 g/mol. The molecule has 0 aliphatic heterocycles. The Morgan fingerprint density at radius 1 is 0.895 bits per heavy atom. The number of benzene rings is 2. The topological polar surface area (TPSA) is 17.1 Å². The van der Waals surface area contributed by atoms with Crippen LogP contribution < -0.4 is 0 Å². The van der Waals surface area contributed by atoms with E-state index in [0.29, 0.717) is 6.42 Å². The van der Waals surface area contributed by atoms with Crippen molar-refractivity contribution >= 4 is 5.78 Å². The Labute approximate surface area is 115 Å². The third-order valence-electron chi connectivity index (χ3n) is 3.53. The Kier molecular flexibility index (Phi) is 3.84. The number of Topliss-reactive ketones (excluding diaryl/α,β-unsaturated/α-hetero) is 1. The molecule has 0 atom stereocenters. The molecule has 0 saturated heterocycles. The van der Waals surface area contributed by atoms with Crippen molar-refractivity contribution in [2.75, 3.05) is 0 Å². The van der Waals surface area contributed by atoms with Gasteiger partial charge in [-0.15, -0.1) is 0 Å². The lowest BCUT2D eigenvalue weighted by Gasteiger charge is -2.10. The first kappa shape index (κ1) is 13.5. The van der Waals surface area contributed by atoms with Gasteiger partial charge in [0.15, 0.2) is 5.78 Å². The summed E-state index contributed by atoms with van der Waals surface area (Å²) in [7, 11) is 0. The molecule has 2 rings (SSSR count). The van der Waals surface area contributed by atoms with E-state index in [0.717, 1.165) is 22.3 Å². The quantitative estimate of drug-likeness (QED) is 0.742. The fourth-order valence-corrected chi connectivity index (χ4v) is 2.53. The molecule has 0 unspecified atom stereocenters. The minimum Gasteiger partial charge on any atom is -0.294 e. The largest absolute Gasteiger partial charge is 0.294 e. The van der Waals surface area contributed by atoms with Gasteiger partial charge in [-0.1, -0.05) is 35.4 Å². The van der Waals surface area contributed by atoms with Crippen molar-refractivity contribution in [1.82, 2.24) is 0 Å². The standard InChI is InChI=1S/C18H20O/c1-12-8-13(2)10-16(9-12)18(19)11-17-14(3)6-5-7-15(17)4/h5-10H,11H2,1-4H3. The van der Waals surface area contributed by atoms with Crippen molar-refractivity contribution in [1.29, 1.82) is 0 Å². The summed E-state index contributed by atoms with van der Waals surface area (Å²) < 4.78 is 0. The Morgan fingerprint density at radius 2 is 1.42 bits per heavy atom. The van der Waals surface area contributed by atoms with Gasteiger partial charge in [0, 0.05) is 12.0 Å². The van der Waals surface area contributed by atoms with Crippen LogP contribution in [0.15, 0.2) is 36.4 Å². The highest BCUT2D eigenvalue weighted by Gasteiger charge is 2.11. The van der Waals surface area contributed by atoms with Crippen LogP contribution in [-0.4, -0.2) is 5.78 Å².